The van der Waals surface area contributed by atoms with Crippen molar-refractivity contribution in [2.45, 2.75) is 58.4 Å². The number of ether oxygens (including phenoxy) is 1. The maximum atomic E-state index is 13.5. The predicted molar refractivity (Wildman–Crippen MR) is 122 cm³/mol. The van der Waals surface area contributed by atoms with Gasteiger partial charge >= 0.3 is 6.18 Å². The van der Waals surface area contributed by atoms with E-state index < -0.39 is 11.7 Å². The number of hydrogen-bond acceptors (Lipinski definition) is 4. The Hall–Kier alpha value is -1.31. The Morgan fingerprint density at radius 3 is 2.19 bits per heavy atom. The molecule has 3 heterocycles. The lowest BCUT2D eigenvalue weighted by Gasteiger charge is -2.38. The molecule has 32 heavy (non-hydrogen) atoms. The van der Waals surface area contributed by atoms with Gasteiger partial charge in [-0.3, -0.25) is 4.90 Å². The van der Waals surface area contributed by atoms with E-state index in [-0.39, 0.29) is 12.2 Å². The second kappa shape index (κ2) is 9.90. The Morgan fingerprint density at radius 1 is 0.969 bits per heavy atom. The molecule has 1 aromatic carbocycles. The van der Waals surface area contributed by atoms with Gasteiger partial charge in [-0.05, 0) is 81.4 Å². The van der Waals surface area contributed by atoms with E-state index in [2.05, 4.69) is 28.5 Å². The Labute approximate surface area is 190 Å². The van der Waals surface area contributed by atoms with Crippen molar-refractivity contribution in [2.75, 3.05) is 57.3 Å². The van der Waals surface area contributed by atoms with Crippen molar-refractivity contribution in [3.8, 4) is 0 Å². The number of alkyl halides is 3. The summed E-state index contributed by atoms with van der Waals surface area (Å²) in [5, 5.41) is 0. The van der Waals surface area contributed by atoms with Gasteiger partial charge in [-0.1, -0.05) is 13.8 Å². The van der Waals surface area contributed by atoms with E-state index in [0.29, 0.717) is 11.3 Å². The van der Waals surface area contributed by atoms with Gasteiger partial charge < -0.3 is 14.5 Å². The van der Waals surface area contributed by atoms with Gasteiger partial charge in [-0.2, -0.15) is 13.2 Å². The average molecular weight is 454 g/mol. The number of halogens is 3. The quantitative estimate of drug-likeness (QED) is 0.539. The van der Waals surface area contributed by atoms with Gasteiger partial charge in [-0.15, -0.1) is 0 Å². The van der Waals surface area contributed by atoms with Crippen LogP contribution in [-0.2, 0) is 10.9 Å². The summed E-state index contributed by atoms with van der Waals surface area (Å²) in [5.41, 5.74) is 0.752. The Kier molecular flexibility index (Phi) is 7.37. The lowest BCUT2D eigenvalue weighted by atomic mass is 9.93. The summed E-state index contributed by atoms with van der Waals surface area (Å²) in [5.74, 6) is 1.54. The monoisotopic (exact) mass is 453 g/mol. The van der Waals surface area contributed by atoms with Crippen molar-refractivity contribution in [1.29, 1.82) is 0 Å². The second-order valence-corrected chi connectivity index (χ2v) is 10.3. The molecule has 0 bridgehead atoms. The number of epoxide rings is 1. The number of anilines is 1. The van der Waals surface area contributed by atoms with E-state index >= 15 is 0 Å². The van der Waals surface area contributed by atoms with E-state index in [4.69, 9.17) is 4.74 Å². The molecule has 0 N–H and O–H groups in total. The van der Waals surface area contributed by atoms with Crippen molar-refractivity contribution in [3.63, 3.8) is 0 Å². The number of piperidine rings is 1. The van der Waals surface area contributed by atoms with Gasteiger partial charge in [0.05, 0.1) is 11.7 Å². The first-order valence-electron chi connectivity index (χ1n) is 12.3. The normalized spacial score (nSPS) is 26.2. The first-order valence-corrected chi connectivity index (χ1v) is 12.3. The average Bonchev–Trinajstić information content (AvgIpc) is 3.49. The smallest absolute Gasteiger partial charge is 0.369 e. The Bertz CT molecular complexity index is 753. The molecular formula is C25H38F3N3O. The first-order chi connectivity index (χ1) is 15.2. The number of likely N-dealkylation sites (tertiary alicyclic amines) is 1. The number of benzene rings is 1. The van der Waals surface area contributed by atoms with Crippen molar-refractivity contribution in [1.82, 2.24) is 9.80 Å². The van der Waals surface area contributed by atoms with Crippen LogP contribution in [0.4, 0.5) is 18.9 Å². The molecule has 4 rings (SSSR count). The lowest BCUT2D eigenvalue weighted by Crippen LogP contribution is -2.47. The van der Waals surface area contributed by atoms with Crippen LogP contribution in [0.15, 0.2) is 18.2 Å². The highest BCUT2D eigenvalue weighted by atomic mass is 19.4. The van der Waals surface area contributed by atoms with E-state index in [1.54, 1.807) is 0 Å². The molecule has 0 spiro atoms. The van der Waals surface area contributed by atoms with E-state index in [1.165, 1.54) is 51.0 Å². The van der Waals surface area contributed by atoms with Crippen LogP contribution in [0.3, 0.4) is 0 Å². The van der Waals surface area contributed by atoms with E-state index in [0.717, 1.165) is 44.6 Å². The van der Waals surface area contributed by atoms with Crippen LogP contribution in [-0.4, -0.2) is 68.3 Å². The van der Waals surface area contributed by atoms with Gasteiger partial charge in [-0.25, -0.2) is 0 Å². The minimum Gasteiger partial charge on any atom is -0.369 e. The third-order valence-corrected chi connectivity index (χ3v) is 7.23. The molecule has 3 aliphatic rings. The van der Waals surface area contributed by atoms with Gasteiger partial charge in [0.25, 0.3) is 0 Å². The zero-order valence-corrected chi connectivity index (χ0v) is 19.7. The van der Waals surface area contributed by atoms with Gasteiger partial charge in [0.2, 0.25) is 0 Å². The van der Waals surface area contributed by atoms with Gasteiger partial charge in [0.1, 0.15) is 6.10 Å². The molecule has 0 amide bonds. The molecule has 3 fully saturated rings. The lowest BCUT2D eigenvalue weighted by molar-refractivity contribution is -0.137. The third kappa shape index (κ3) is 6.17. The summed E-state index contributed by atoms with van der Waals surface area (Å²) in [7, 11) is 0. The number of rotatable bonds is 7. The highest BCUT2D eigenvalue weighted by molar-refractivity contribution is 5.53. The summed E-state index contributed by atoms with van der Waals surface area (Å²) < 4.78 is 45.8. The molecule has 4 nitrogen and oxygen atoms in total. The minimum absolute atomic E-state index is 0.000390. The predicted octanol–water partition coefficient (Wildman–Crippen LogP) is 5.05. The molecule has 0 aliphatic carbocycles. The van der Waals surface area contributed by atoms with Crippen LogP contribution in [0.1, 0.15) is 57.3 Å². The highest BCUT2D eigenvalue weighted by Crippen LogP contribution is 2.42. The van der Waals surface area contributed by atoms with E-state index in [9.17, 15) is 13.2 Å². The number of piperazine rings is 1. The van der Waals surface area contributed by atoms with Crippen LogP contribution < -0.4 is 4.90 Å². The van der Waals surface area contributed by atoms with Crippen LogP contribution >= 0.6 is 0 Å². The van der Waals surface area contributed by atoms with Crippen molar-refractivity contribution >= 4 is 5.69 Å². The molecule has 2 unspecified atom stereocenters. The fourth-order valence-corrected chi connectivity index (χ4v) is 5.25. The third-order valence-electron chi connectivity index (χ3n) is 7.23. The second-order valence-electron chi connectivity index (χ2n) is 10.3. The van der Waals surface area contributed by atoms with Crippen molar-refractivity contribution < 1.29 is 17.9 Å². The Morgan fingerprint density at radius 2 is 1.62 bits per heavy atom. The molecule has 180 valence electrons. The standard InChI is InChI=1S/C25H38F3N3O/c1-18(2)17-30-8-5-20(6-9-30)4-7-29-10-12-31(13-11-29)23-15-21(24-19(3)32-24)14-22(16-23)25(26,27)28/h14-16,18-20,24H,4-13,17H2,1-3H3. The van der Waals surface area contributed by atoms with Crippen LogP contribution in [0.5, 0.6) is 0 Å². The fourth-order valence-electron chi connectivity index (χ4n) is 5.25. The molecule has 0 saturated carbocycles. The molecule has 7 heteroatoms. The zero-order chi connectivity index (χ0) is 22.9. The van der Waals surface area contributed by atoms with Crippen molar-refractivity contribution in [2.24, 2.45) is 11.8 Å². The molecule has 1 aromatic rings. The summed E-state index contributed by atoms with van der Waals surface area (Å²) in [6, 6.07) is 4.45. The minimum atomic E-state index is -4.34. The molecular weight excluding hydrogens is 415 g/mol. The van der Waals surface area contributed by atoms with Crippen molar-refractivity contribution in [3.05, 3.63) is 29.3 Å². The Balaban J connectivity index is 1.27. The summed E-state index contributed by atoms with van der Waals surface area (Å²) >= 11 is 0. The SMILES string of the molecule is CC(C)CN1CCC(CCN2CCN(c3cc(C4OC4C)cc(C(F)(F)F)c3)CC2)CC1. The molecule has 3 aliphatic heterocycles. The summed E-state index contributed by atoms with van der Waals surface area (Å²) in [6.45, 7) is 14.6. The zero-order valence-electron chi connectivity index (χ0n) is 19.7. The van der Waals surface area contributed by atoms with Gasteiger partial charge in [0.15, 0.2) is 0 Å². The maximum Gasteiger partial charge on any atom is 0.416 e. The number of hydrogen-bond donors (Lipinski definition) is 0. The van der Waals surface area contributed by atoms with Crippen LogP contribution in [0, 0.1) is 11.8 Å². The number of nitrogens with zero attached hydrogens (tertiary/aromatic N) is 3. The molecule has 3 saturated heterocycles. The largest absolute Gasteiger partial charge is 0.416 e. The molecule has 2 atom stereocenters. The highest BCUT2D eigenvalue weighted by Gasteiger charge is 2.39. The van der Waals surface area contributed by atoms with Gasteiger partial charge in [0, 0.05) is 38.4 Å². The maximum absolute atomic E-state index is 13.5. The summed E-state index contributed by atoms with van der Waals surface area (Å²) in [6.07, 6.45) is -0.720. The van der Waals surface area contributed by atoms with E-state index in [1.807, 2.05) is 13.0 Å². The molecule has 0 aromatic heterocycles. The fraction of sp³-hybridized carbons (Fsp3) is 0.760. The van der Waals surface area contributed by atoms with Crippen LogP contribution in [0.25, 0.3) is 0 Å². The molecule has 0 radical (unpaired) electrons. The summed E-state index contributed by atoms with van der Waals surface area (Å²) in [4.78, 5) is 7.18. The van der Waals surface area contributed by atoms with Crippen LogP contribution in [0.2, 0.25) is 0 Å². The topological polar surface area (TPSA) is 22.2 Å². The first kappa shape index (κ1) is 23.8.